The molecule has 1 amide bonds. The molecule has 3 N–H and O–H groups in total. The Balaban J connectivity index is 1.49. The van der Waals surface area contributed by atoms with Crippen LogP contribution in [0.2, 0.25) is 0 Å². The molecule has 0 saturated carbocycles. The standard InChI is InChI=1S/C19H22N2O3/c22-18-12-20-10-16(18)11-21-19(23)15-6-8-17(9-7-15)24-13-14-4-2-1-3-5-14/h1-9,16,18,20,22H,10-13H2,(H,21,23). The van der Waals surface area contributed by atoms with Crippen molar-refractivity contribution in [2.45, 2.75) is 12.7 Å². The first-order valence-electron chi connectivity index (χ1n) is 8.16. The summed E-state index contributed by atoms with van der Waals surface area (Å²) in [7, 11) is 0. The molecule has 2 unspecified atom stereocenters. The molecule has 126 valence electrons. The lowest BCUT2D eigenvalue weighted by Crippen LogP contribution is -2.34. The molecule has 0 bridgehead atoms. The highest BCUT2D eigenvalue weighted by Gasteiger charge is 2.25. The van der Waals surface area contributed by atoms with Crippen LogP contribution in [0, 0.1) is 5.92 Å². The first kappa shape index (κ1) is 16.5. The Hall–Kier alpha value is -2.37. The van der Waals surface area contributed by atoms with Gasteiger partial charge in [-0.15, -0.1) is 0 Å². The largest absolute Gasteiger partial charge is 0.489 e. The minimum Gasteiger partial charge on any atom is -0.489 e. The van der Waals surface area contributed by atoms with E-state index in [1.54, 1.807) is 24.3 Å². The molecular formula is C19H22N2O3. The second kappa shape index (κ2) is 7.95. The van der Waals surface area contributed by atoms with Crippen molar-refractivity contribution in [1.29, 1.82) is 0 Å². The lowest BCUT2D eigenvalue weighted by molar-refractivity contribution is 0.0927. The van der Waals surface area contributed by atoms with Gasteiger partial charge in [0.05, 0.1) is 6.10 Å². The number of aliphatic hydroxyl groups excluding tert-OH is 1. The molecule has 3 rings (SSSR count). The molecular weight excluding hydrogens is 304 g/mol. The van der Waals surface area contributed by atoms with Gasteiger partial charge in [0, 0.05) is 31.1 Å². The predicted molar refractivity (Wildman–Crippen MR) is 91.9 cm³/mol. The molecule has 1 aliphatic rings. The number of carbonyl (C=O) groups excluding carboxylic acids is 1. The van der Waals surface area contributed by atoms with E-state index >= 15 is 0 Å². The Labute approximate surface area is 141 Å². The van der Waals surface area contributed by atoms with Crippen LogP contribution in [-0.4, -0.2) is 36.8 Å². The summed E-state index contributed by atoms with van der Waals surface area (Å²) in [6, 6.07) is 17.0. The van der Waals surface area contributed by atoms with Gasteiger partial charge in [-0.1, -0.05) is 30.3 Å². The van der Waals surface area contributed by atoms with Crippen LogP contribution in [0.1, 0.15) is 15.9 Å². The molecule has 1 saturated heterocycles. The van der Waals surface area contributed by atoms with E-state index in [-0.39, 0.29) is 17.9 Å². The number of rotatable bonds is 6. The van der Waals surface area contributed by atoms with Gasteiger partial charge in [-0.2, -0.15) is 0 Å². The molecule has 1 heterocycles. The molecule has 5 nitrogen and oxygen atoms in total. The first-order valence-corrected chi connectivity index (χ1v) is 8.16. The van der Waals surface area contributed by atoms with Gasteiger partial charge in [-0.25, -0.2) is 0 Å². The van der Waals surface area contributed by atoms with Crippen molar-refractivity contribution in [3.8, 4) is 5.75 Å². The summed E-state index contributed by atoms with van der Waals surface area (Å²) >= 11 is 0. The van der Waals surface area contributed by atoms with E-state index in [0.29, 0.717) is 25.3 Å². The van der Waals surface area contributed by atoms with Crippen LogP contribution in [0.15, 0.2) is 54.6 Å². The van der Waals surface area contributed by atoms with Gasteiger partial charge in [0.2, 0.25) is 0 Å². The zero-order valence-electron chi connectivity index (χ0n) is 13.4. The Bertz CT molecular complexity index is 658. The number of β-amino-alcohol motifs (C(OH)–C–C–N with tert-alkyl or cyclic N) is 1. The SMILES string of the molecule is O=C(NCC1CNCC1O)c1ccc(OCc2ccccc2)cc1. The molecule has 0 aliphatic carbocycles. The maximum atomic E-state index is 12.1. The van der Waals surface area contributed by atoms with E-state index in [1.807, 2.05) is 30.3 Å². The third-order valence-corrected chi connectivity index (χ3v) is 4.19. The third kappa shape index (κ3) is 4.34. The Morgan fingerprint density at radius 3 is 2.54 bits per heavy atom. The van der Waals surface area contributed by atoms with Gasteiger partial charge in [0.15, 0.2) is 0 Å². The minimum atomic E-state index is -0.390. The number of aliphatic hydroxyl groups is 1. The molecule has 1 aliphatic heterocycles. The number of amides is 1. The normalized spacial score (nSPS) is 19.9. The number of benzene rings is 2. The zero-order valence-corrected chi connectivity index (χ0v) is 13.4. The fraction of sp³-hybridized carbons (Fsp3) is 0.316. The molecule has 24 heavy (non-hydrogen) atoms. The van der Waals surface area contributed by atoms with Crippen molar-refractivity contribution < 1.29 is 14.6 Å². The van der Waals surface area contributed by atoms with Crippen molar-refractivity contribution in [3.05, 3.63) is 65.7 Å². The smallest absolute Gasteiger partial charge is 0.251 e. The summed E-state index contributed by atoms with van der Waals surface area (Å²) in [6.45, 7) is 2.29. The van der Waals surface area contributed by atoms with Crippen molar-refractivity contribution in [3.63, 3.8) is 0 Å². The molecule has 0 spiro atoms. The van der Waals surface area contributed by atoms with E-state index in [1.165, 1.54) is 0 Å². The monoisotopic (exact) mass is 326 g/mol. The van der Waals surface area contributed by atoms with E-state index < -0.39 is 0 Å². The lowest BCUT2D eigenvalue weighted by atomic mass is 10.1. The summed E-state index contributed by atoms with van der Waals surface area (Å²) in [6.07, 6.45) is -0.390. The van der Waals surface area contributed by atoms with E-state index in [9.17, 15) is 9.90 Å². The maximum Gasteiger partial charge on any atom is 0.251 e. The van der Waals surface area contributed by atoms with Gasteiger partial charge < -0.3 is 20.5 Å². The molecule has 1 fully saturated rings. The van der Waals surface area contributed by atoms with Crippen LogP contribution in [-0.2, 0) is 6.61 Å². The van der Waals surface area contributed by atoms with Gasteiger partial charge in [-0.05, 0) is 29.8 Å². The highest BCUT2D eigenvalue weighted by molar-refractivity contribution is 5.94. The maximum absolute atomic E-state index is 12.1. The van der Waals surface area contributed by atoms with Gasteiger partial charge in [0.25, 0.3) is 5.91 Å². The van der Waals surface area contributed by atoms with E-state index in [0.717, 1.165) is 17.9 Å². The highest BCUT2D eigenvalue weighted by atomic mass is 16.5. The summed E-state index contributed by atoms with van der Waals surface area (Å²) in [5.74, 6) is 0.664. The molecule has 2 atom stereocenters. The van der Waals surface area contributed by atoms with Gasteiger partial charge in [0.1, 0.15) is 12.4 Å². The second-order valence-corrected chi connectivity index (χ2v) is 5.99. The molecule has 0 aromatic heterocycles. The molecule has 5 heteroatoms. The van der Waals surface area contributed by atoms with Gasteiger partial charge >= 0.3 is 0 Å². The van der Waals surface area contributed by atoms with Crippen molar-refractivity contribution in [2.75, 3.05) is 19.6 Å². The number of ether oxygens (including phenoxy) is 1. The fourth-order valence-corrected chi connectivity index (χ4v) is 2.70. The summed E-state index contributed by atoms with van der Waals surface area (Å²) in [5.41, 5.74) is 1.69. The fourth-order valence-electron chi connectivity index (χ4n) is 2.70. The molecule has 2 aromatic rings. The first-order chi connectivity index (χ1) is 11.7. The van der Waals surface area contributed by atoms with E-state index in [4.69, 9.17) is 4.74 Å². The van der Waals surface area contributed by atoms with Crippen LogP contribution >= 0.6 is 0 Å². The Morgan fingerprint density at radius 1 is 1.12 bits per heavy atom. The highest BCUT2D eigenvalue weighted by Crippen LogP contribution is 2.14. The number of nitrogens with one attached hydrogen (secondary N) is 2. The molecule has 0 radical (unpaired) electrons. The number of hydrogen-bond donors (Lipinski definition) is 3. The molecule has 2 aromatic carbocycles. The van der Waals surface area contributed by atoms with Crippen LogP contribution in [0.3, 0.4) is 0 Å². The Morgan fingerprint density at radius 2 is 1.88 bits per heavy atom. The minimum absolute atomic E-state index is 0.0717. The van der Waals surface area contributed by atoms with Crippen molar-refractivity contribution >= 4 is 5.91 Å². The Kier molecular flexibility index (Phi) is 5.46. The lowest BCUT2D eigenvalue weighted by Gasteiger charge is -2.14. The van der Waals surface area contributed by atoms with E-state index in [2.05, 4.69) is 10.6 Å². The van der Waals surface area contributed by atoms with Crippen molar-refractivity contribution in [2.24, 2.45) is 5.92 Å². The van der Waals surface area contributed by atoms with Crippen LogP contribution in [0.25, 0.3) is 0 Å². The zero-order chi connectivity index (χ0) is 16.8. The topological polar surface area (TPSA) is 70.6 Å². The van der Waals surface area contributed by atoms with Crippen LogP contribution < -0.4 is 15.4 Å². The summed E-state index contributed by atoms with van der Waals surface area (Å²) in [5, 5.41) is 15.7. The average Bonchev–Trinajstić information content (AvgIpc) is 3.04. The second-order valence-electron chi connectivity index (χ2n) is 5.99. The van der Waals surface area contributed by atoms with Crippen LogP contribution in [0.4, 0.5) is 0 Å². The predicted octanol–water partition coefficient (Wildman–Crippen LogP) is 1.58. The quantitative estimate of drug-likeness (QED) is 0.754. The number of hydrogen-bond acceptors (Lipinski definition) is 4. The van der Waals surface area contributed by atoms with Crippen LogP contribution in [0.5, 0.6) is 5.75 Å². The summed E-state index contributed by atoms with van der Waals surface area (Å²) in [4.78, 5) is 12.1. The van der Waals surface area contributed by atoms with Crippen molar-refractivity contribution in [1.82, 2.24) is 10.6 Å². The third-order valence-electron chi connectivity index (χ3n) is 4.19. The summed E-state index contributed by atoms with van der Waals surface area (Å²) < 4.78 is 5.71. The van der Waals surface area contributed by atoms with Gasteiger partial charge in [-0.3, -0.25) is 4.79 Å². The average molecular weight is 326 g/mol. The number of carbonyl (C=O) groups is 1.